The molecule has 6 heteroatoms. The van der Waals surface area contributed by atoms with Crippen molar-refractivity contribution in [2.24, 2.45) is 0 Å². The van der Waals surface area contributed by atoms with Gasteiger partial charge in [0, 0.05) is 18.8 Å². The van der Waals surface area contributed by atoms with Crippen LogP contribution < -0.4 is 5.32 Å². The number of carbonyl (C=O) groups excluding carboxylic acids is 1. The van der Waals surface area contributed by atoms with E-state index in [4.69, 9.17) is 0 Å². The highest BCUT2D eigenvalue weighted by Crippen LogP contribution is 2.21. The molecule has 3 atom stereocenters. The fourth-order valence-corrected chi connectivity index (χ4v) is 4.80. The minimum absolute atomic E-state index is 0.0750. The highest BCUT2D eigenvalue weighted by Gasteiger charge is 2.34. The zero-order valence-corrected chi connectivity index (χ0v) is 15.8. The van der Waals surface area contributed by atoms with Crippen LogP contribution in [0.15, 0.2) is 24.3 Å². The van der Waals surface area contributed by atoms with Crippen LogP contribution in [0.3, 0.4) is 0 Å². The molecule has 5 nitrogen and oxygen atoms in total. The SMILES string of the molecule is CC[C@H](C)c1ccc(N[C@H](C)C(=O)N(C)[C@H]2CCS(=O)(=O)C2)cc1. The van der Waals surface area contributed by atoms with Gasteiger partial charge < -0.3 is 10.2 Å². The van der Waals surface area contributed by atoms with Crippen LogP contribution in [0.1, 0.15) is 45.1 Å². The van der Waals surface area contributed by atoms with Crippen molar-refractivity contribution < 1.29 is 13.2 Å². The number of benzene rings is 1. The molecule has 0 radical (unpaired) electrons. The number of amides is 1. The second-order valence-electron chi connectivity index (χ2n) is 6.80. The van der Waals surface area contributed by atoms with Gasteiger partial charge in [-0.2, -0.15) is 0 Å². The Morgan fingerprint density at radius 2 is 1.92 bits per heavy atom. The van der Waals surface area contributed by atoms with E-state index in [9.17, 15) is 13.2 Å². The zero-order valence-electron chi connectivity index (χ0n) is 15.0. The molecule has 1 amide bonds. The van der Waals surface area contributed by atoms with Gasteiger partial charge in [0.15, 0.2) is 9.84 Å². The van der Waals surface area contributed by atoms with E-state index >= 15 is 0 Å². The number of rotatable bonds is 6. The van der Waals surface area contributed by atoms with Crippen molar-refractivity contribution in [1.29, 1.82) is 0 Å². The predicted octanol–water partition coefficient (Wildman–Crippen LogP) is 2.65. The van der Waals surface area contributed by atoms with E-state index < -0.39 is 15.9 Å². The molecule has 0 aliphatic carbocycles. The first kappa shape index (κ1) is 18.8. The lowest BCUT2D eigenvalue weighted by Gasteiger charge is -2.27. The molecule has 0 saturated carbocycles. The summed E-state index contributed by atoms with van der Waals surface area (Å²) in [6.45, 7) is 6.17. The summed E-state index contributed by atoms with van der Waals surface area (Å²) < 4.78 is 23.2. The summed E-state index contributed by atoms with van der Waals surface area (Å²) in [6.07, 6.45) is 1.62. The van der Waals surface area contributed by atoms with Crippen LogP contribution in [0.25, 0.3) is 0 Å². The first-order chi connectivity index (χ1) is 11.2. The molecule has 1 fully saturated rings. The Morgan fingerprint density at radius 3 is 2.42 bits per heavy atom. The topological polar surface area (TPSA) is 66.5 Å². The number of carbonyl (C=O) groups is 1. The van der Waals surface area contributed by atoms with Crippen LogP contribution in [0.4, 0.5) is 5.69 Å². The predicted molar refractivity (Wildman–Crippen MR) is 98.1 cm³/mol. The first-order valence-corrected chi connectivity index (χ1v) is 10.4. The Balaban J connectivity index is 1.96. The minimum atomic E-state index is -2.99. The Hall–Kier alpha value is -1.56. The normalized spacial score (nSPS) is 21.9. The summed E-state index contributed by atoms with van der Waals surface area (Å²) in [6, 6.07) is 7.55. The number of hydrogen-bond donors (Lipinski definition) is 1. The fourth-order valence-electron chi connectivity index (χ4n) is 3.02. The van der Waals surface area contributed by atoms with Crippen molar-refractivity contribution in [2.75, 3.05) is 23.9 Å². The number of hydrogen-bond acceptors (Lipinski definition) is 4. The monoisotopic (exact) mass is 352 g/mol. The second kappa shape index (κ2) is 7.55. The summed E-state index contributed by atoms with van der Waals surface area (Å²) >= 11 is 0. The second-order valence-corrected chi connectivity index (χ2v) is 9.03. The van der Waals surface area contributed by atoms with Gasteiger partial charge in [-0.1, -0.05) is 26.0 Å². The molecule has 1 saturated heterocycles. The molecule has 0 spiro atoms. The van der Waals surface area contributed by atoms with Crippen molar-refractivity contribution >= 4 is 21.4 Å². The van der Waals surface area contributed by atoms with Crippen molar-refractivity contribution in [3.8, 4) is 0 Å². The van der Waals surface area contributed by atoms with Gasteiger partial charge in [0.2, 0.25) is 5.91 Å². The minimum Gasteiger partial charge on any atom is -0.374 e. The third kappa shape index (κ3) is 4.50. The third-order valence-corrected chi connectivity index (χ3v) is 6.70. The van der Waals surface area contributed by atoms with E-state index in [1.807, 2.05) is 19.1 Å². The van der Waals surface area contributed by atoms with Crippen molar-refractivity contribution in [3.05, 3.63) is 29.8 Å². The Bertz CT molecular complexity index is 670. The molecule has 1 aromatic carbocycles. The lowest BCUT2D eigenvalue weighted by atomic mass is 9.98. The van der Waals surface area contributed by atoms with Crippen molar-refractivity contribution in [3.63, 3.8) is 0 Å². The van der Waals surface area contributed by atoms with E-state index in [1.54, 1.807) is 11.9 Å². The number of sulfone groups is 1. The highest BCUT2D eigenvalue weighted by molar-refractivity contribution is 7.91. The standard InChI is InChI=1S/C18H28N2O3S/c1-5-13(2)15-6-8-16(9-7-15)19-14(3)18(21)20(4)17-10-11-24(22,23)12-17/h6-9,13-14,17,19H,5,10-12H2,1-4H3/t13-,14+,17-/m0/s1. The van der Waals surface area contributed by atoms with E-state index in [-0.39, 0.29) is 23.5 Å². The Kier molecular flexibility index (Phi) is 5.91. The fraction of sp³-hybridized carbons (Fsp3) is 0.611. The molecule has 1 aliphatic rings. The maximum Gasteiger partial charge on any atom is 0.244 e. The largest absolute Gasteiger partial charge is 0.374 e. The van der Waals surface area contributed by atoms with Crippen molar-refractivity contribution in [2.45, 2.75) is 51.6 Å². The Morgan fingerprint density at radius 1 is 1.29 bits per heavy atom. The summed E-state index contributed by atoms with van der Waals surface area (Å²) in [5.74, 6) is 0.691. The summed E-state index contributed by atoms with van der Waals surface area (Å²) in [7, 11) is -1.30. The molecular formula is C18H28N2O3S. The smallest absolute Gasteiger partial charge is 0.244 e. The van der Waals surface area contributed by atoms with Crippen LogP contribution in [-0.4, -0.2) is 49.9 Å². The summed E-state index contributed by atoms with van der Waals surface area (Å²) in [4.78, 5) is 14.1. The molecule has 0 bridgehead atoms. The maximum atomic E-state index is 12.5. The van der Waals surface area contributed by atoms with Gasteiger partial charge in [-0.25, -0.2) is 8.42 Å². The van der Waals surface area contributed by atoms with Crippen LogP contribution >= 0.6 is 0 Å². The van der Waals surface area contributed by atoms with Gasteiger partial charge in [-0.05, 0) is 43.4 Å². The van der Waals surface area contributed by atoms with Gasteiger partial charge in [0.25, 0.3) is 0 Å². The van der Waals surface area contributed by atoms with Crippen LogP contribution in [0.2, 0.25) is 0 Å². The van der Waals surface area contributed by atoms with Gasteiger partial charge in [0.1, 0.15) is 6.04 Å². The molecular weight excluding hydrogens is 324 g/mol. The molecule has 1 aliphatic heterocycles. The Labute approximate surface area is 145 Å². The molecule has 0 aromatic heterocycles. The molecule has 24 heavy (non-hydrogen) atoms. The lowest BCUT2D eigenvalue weighted by Crippen LogP contribution is -2.45. The lowest BCUT2D eigenvalue weighted by molar-refractivity contribution is -0.132. The van der Waals surface area contributed by atoms with Crippen LogP contribution in [0.5, 0.6) is 0 Å². The molecule has 1 heterocycles. The number of nitrogens with one attached hydrogen (secondary N) is 1. The molecule has 1 aromatic rings. The van der Waals surface area contributed by atoms with Gasteiger partial charge in [0.05, 0.1) is 11.5 Å². The first-order valence-electron chi connectivity index (χ1n) is 8.57. The quantitative estimate of drug-likeness (QED) is 0.855. The average molecular weight is 353 g/mol. The molecule has 0 unspecified atom stereocenters. The highest BCUT2D eigenvalue weighted by atomic mass is 32.2. The van der Waals surface area contributed by atoms with E-state index in [2.05, 4.69) is 31.3 Å². The van der Waals surface area contributed by atoms with Crippen LogP contribution in [0, 0.1) is 0 Å². The molecule has 1 N–H and O–H groups in total. The third-order valence-electron chi connectivity index (χ3n) is 4.95. The van der Waals surface area contributed by atoms with E-state index in [1.165, 1.54) is 5.56 Å². The van der Waals surface area contributed by atoms with Gasteiger partial charge in [-0.15, -0.1) is 0 Å². The van der Waals surface area contributed by atoms with E-state index in [0.29, 0.717) is 12.3 Å². The molecule has 2 rings (SSSR count). The van der Waals surface area contributed by atoms with Crippen LogP contribution in [-0.2, 0) is 14.6 Å². The average Bonchev–Trinajstić information content (AvgIpc) is 2.93. The van der Waals surface area contributed by atoms with Gasteiger partial charge in [-0.3, -0.25) is 4.79 Å². The molecule has 134 valence electrons. The summed E-state index contributed by atoms with van der Waals surface area (Å²) in [5.41, 5.74) is 2.19. The number of likely N-dealkylation sites (N-methyl/N-ethyl adjacent to an activating group) is 1. The number of anilines is 1. The van der Waals surface area contributed by atoms with Gasteiger partial charge >= 0.3 is 0 Å². The van der Waals surface area contributed by atoms with Crippen molar-refractivity contribution in [1.82, 2.24) is 4.90 Å². The zero-order chi connectivity index (χ0) is 17.9. The maximum absolute atomic E-state index is 12.5. The number of nitrogens with zero attached hydrogens (tertiary/aromatic N) is 1. The summed E-state index contributed by atoms with van der Waals surface area (Å²) in [5, 5.41) is 3.21. The van der Waals surface area contributed by atoms with E-state index in [0.717, 1.165) is 12.1 Å².